The summed E-state index contributed by atoms with van der Waals surface area (Å²) in [6.45, 7) is 2.81. The van der Waals surface area contributed by atoms with Crippen LogP contribution in [0.25, 0.3) is 11.0 Å². The van der Waals surface area contributed by atoms with E-state index in [0.717, 1.165) is 24.3 Å². The lowest BCUT2D eigenvalue weighted by Gasteiger charge is -2.28. The molecule has 0 aliphatic carbocycles. The Labute approximate surface area is 145 Å². The third-order valence-electron chi connectivity index (χ3n) is 4.01. The van der Waals surface area contributed by atoms with Crippen LogP contribution in [-0.4, -0.2) is 55.4 Å². The molecule has 0 aromatic carbocycles. The van der Waals surface area contributed by atoms with Gasteiger partial charge in [0.05, 0.1) is 24.4 Å². The van der Waals surface area contributed by atoms with E-state index < -0.39 is 9.84 Å². The number of allylic oxidation sites excluding steroid dienone is 1. The number of fused-ring (bicyclic) bond motifs is 1. The fraction of sp³-hybridized carbons (Fsp3) is 0.312. The van der Waals surface area contributed by atoms with Gasteiger partial charge in [0, 0.05) is 30.4 Å². The minimum Gasteiger partial charge on any atom is -0.378 e. The molecule has 1 N–H and O–H groups in total. The van der Waals surface area contributed by atoms with Gasteiger partial charge in [0.25, 0.3) is 0 Å². The second-order valence-electron chi connectivity index (χ2n) is 5.76. The Morgan fingerprint density at radius 3 is 2.80 bits per heavy atom. The second-order valence-corrected chi connectivity index (χ2v) is 7.69. The van der Waals surface area contributed by atoms with Crippen LogP contribution in [0.2, 0.25) is 0 Å². The summed E-state index contributed by atoms with van der Waals surface area (Å²) in [4.78, 5) is 15.6. The highest BCUT2D eigenvalue weighted by Crippen LogP contribution is 2.25. The topological polar surface area (TPSA) is 97.3 Å². The van der Waals surface area contributed by atoms with Crippen LogP contribution >= 0.6 is 0 Å². The van der Waals surface area contributed by atoms with Gasteiger partial charge in [-0.25, -0.2) is 13.4 Å². The molecule has 2 aliphatic heterocycles. The summed E-state index contributed by atoms with van der Waals surface area (Å²) < 4.78 is 28.3. The van der Waals surface area contributed by atoms with Gasteiger partial charge in [0.15, 0.2) is 15.5 Å². The number of nitrogens with zero attached hydrogens (tertiary/aromatic N) is 4. The first kappa shape index (κ1) is 16.0. The van der Waals surface area contributed by atoms with E-state index in [9.17, 15) is 8.42 Å². The van der Waals surface area contributed by atoms with E-state index in [1.807, 2.05) is 12.1 Å². The first-order valence-corrected chi connectivity index (χ1v) is 9.66. The van der Waals surface area contributed by atoms with Crippen LogP contribution in [0, 0.1) is 0 Å². The molecule has 0 radical (unpaired) electrons. The number of nitrogens with one attached hydrogen (secondary N) is 1. The van der Waals surface area contributed by atoms with Crippen molar-refractivity contribution in [2.75, 3.05) is 42.3 Å². The summed E-state index contributed by atoms with van der Waals surface area (Å²) in [6, 6.07) is 3.81. The zero-order valence-corrected chi connectivity index (χ0v) is 14.2. The summed E-state index contributed by atoms with van der Waals surface area (Å²) in [6.07, 6.45) is 4.81. The molecule has 0 saturated carbocycles. The van der Waals surface area contributed by atoms with Crippen LogP contribution in [0.4, 0.5) is 11.8 Å². The number of sulfone groups is 1. The first-order valence-electron chi connectivity index (χ1n) is 7.94. The lowest BCUT2D eigenvalue weighted by Crippen LogP contribution is -2.37. The Kier molecular flexibility index (Phi) is 4.10. The van der Waals surface area contributed by atoms with Gasteiger partial charge in [-0.05, 0) is 24.3 Å². The SMILES string of the molecule is O=S1(=O)C=CC(Nc2nc(N3CCOCC3)c3cccnc3n2)=CC1. The molecule has 0 atom stereocenters. The minimum atomic E-state index is -3.14. The van der Waals surface area contributed by atoms with Gasteiger partial charge < -0.3 is 15.0 Å². The Morgan fingerprint density at radius 2 is 2.04 bits per heavy atom. The minimum absolute atomic E-state index is 0.0337. The molecule has 8 nitrogen and oxygen atoms in total. The Bertz CT molecular complexity index is 965. The van der Waals surface area contributed by atoms with Gasteiger partial charge in [0.2, 0.25) is 5.95 Å². The number of rotatable bonds is 3. The Morgan fingerprint density at radius 1 is 1.20 bits per heavy atom. The van der Waals surface area contributed by atoms with Crippen molar-refractivity contribution in [2.24, 2.45) is 0 Å². The summed E-state index contributed by atoms with van der Waals surface area (Å²) in [5.74, 6) is 1.16. The van der Waals surface area contributed by atoms with E-state index >= 15 is 0 Å². The van der Waals surface area contributed by atoms with Crippen LogP contribution in [0.15, 0.2) is 41.6 Å². The highest BCUT2D eigenvalue weighted by molar-refractivity contribution is 7.94. The quantitative estimate of drug-likeness (QED) is 0.870. The van der Waals surface area contributed by atoms with Crippen molar-refractivity contribution < 1.29 is 13.2 Å². The zero-order chi connectivity index (χ0) is 17.3. The van der Waals surface area contributed by atoms with Crippen molar-refractivity contribution in [3.05, 3.63) is 41.6 Å². The third-order valence-corrected chi connectivity index (χ3v) is 5.19. The molecule has 0 bridgehead atoms. The predicted molar refractivity (Wildman–Crippen MR) is 95.0 cm³/mol. The largest absolute Gasteiger partial charge is 0.378 e. The molecular formula is C16H17N5O3S. The van der Waals surface area contributed by atoms with E-state index in [2.05, 4.69) is 25.2 Å². The molecule has 4 rings (SSSR count). The van der Waals surface area contributed by atoms with Crippen molar-refractivity contribution in [3.63, 3.8) is 0 Å². The van der Waals surface area contributed by atoms with Crippen LogP contribution < -0.4 is 10.2 Å². The van der Waals surface area contributed by atoms with E-state index in [-0.39, 0.29) is 5.75 Å². The molecule has 1 saturated heterocycles. The molecule has 130 valence electrons. The molecular weight excluding hydrogens is 342 g/mol. The normalized spacial score (nSPS) is 19.7. The molecule has 25 heavy (non-hydrogen) atoms. The standard InChI is InChI=1S/C16H17N5O3S/c22-25(23)10-3-12(4-11-25)18-16-19-14-13(2-1-5-17-14)15(20-16)21-6-8-24-9-7-21/h1-5,10H,6-9,11H2,(H,17,18,19,20). The van der Waals surface area contributed by atoms with Crippen molar-refractivity contribution in [3.8, 4) is 0 Å². The lowest BCUT2D eigenvalue weighted by atomic mass is 10.3. The first-order chi connectivity index (χ1) is 12.1. The molecule has 2 aliphatic rings. The Hall–Kier alpha value is -2.52. The van der Waals surface area contributed by atoms with E-state index in [0.29, 0.717) is 30.5 Å². The third kappa shape index (κ3) is 3.47. The van der Waals surface area contributed by atoms with Gasteiger partial charge in [0.1, 0.15) is 5.82 Å². The zero-order valence-electron chi connectivity index (χ0n) is 13.4. The maximum Gasteiger partial charge on any atom is 0.231 e. The van der Waals surface area contributed by atoms with Gasteiger partial charge in [-0.15, -0.1) is 0 Å². The van der Waals surface area contributed by atoms with Gasteiger partial charge in [-0.2, -0.15) is 9.97 Å². The van der Waals surface area contributed by atoms with Crippen LogP contribution in [0.5, 0.6) is 0 Å². The molecule has 2 aromatic heterocycles. The summed E-state index contributed by atoms with van der Waals surface area (Å²) >= 11 is 0. The van der Waals surface area contributed by atoms with Gasteiger partial charge in [-0.1, -0.05) is 0 Å². The molecule has 1 fully saturated rings. The number of pyridine rings is 1. The van der Waals surface area contributed by atoms with E-state index in [1.165, 1.54) is 11.5 Å². The molecule has 0 unspecified atom stereocenters. The van der Waals surface area contributed by atoms with Crippen LogP contribution in [-0.2, 0) is 14.6 Å². The van der Waals surface area contributed by atoms with Crippen molar-refractivity contribution in [1.29, 1.82) is 0 Å². The number of aromatic nitrogens is 3. The fourth-order valence-electron chi connectivity index (χ4n) is 2.75. The van der Waals surface area contributed by atoms with Crippen LogP contribution in [0.3, 0.4) is 0 Å². The van der Waals surface area contributed by atoms with E-state index in [4.69, 9.17) is 4.74 Å². The average molecular weight is 359 g/mol. The number of hydrogen-bond donors (Lipinski definition) is 1. The molecule has 0 spiro atoms. The summed E-state index contributed by atoms with van der Waals surface area (Å²) in [7, 11) is -3.14. The summed E-state index contributed by atoms with van der Waals surface area (Å²) in [5.41, 5.74) is 1.24. The smallest absolute Gasteiger partial charge is 0.231 e. The summed E-state index contributed by atoms with van der Waals surface area (Å²) in [5, 5.41) is 5.15. The van der Waals surface area contributed by atoms with Crippen LogP contribution in [0.1, 0.15) is 0 Å². The maximum absolute atomic E-state index is 11.5. The highest BCUT2D eigenvalue weighted by atomic mass is 32.2. The number of morpholine rings is 1. The monoisotopic (exact) mass is 359 g/mol. The highest BCUT2D eigenvalue weighted by Gasteiger charge is 2.18. The van der Waals surface area contributed by atoms with Gasteiger partial charge >= 0.3 is 0 Å². The second kappa shape index (κ2) is 6.41. The molecule has 0 amide bonds. The predicted octanol–water partition coefficient (Wildman–Crippen LogP) is 1.10. The lowest BCUT2D eigenvalue weighted by molar-refractivity contribution is 0.122. The number of ether oxygens (including phenoxy) is 1. The molecule has 2 aromatic rings. The number of anilines is 2. The van der Waals surface area contributed by atoms with E-state index in [1.54, 1.807) is 12.3 Å². The van der Waals surface area contributed by atoms with Crippen molar-refractivity contribution in [1.82, 2.24) is 15.0 Å². The number of hydrogen-bond acceptors (Lipinski definition) is 8. The molecule has 4 heterocycles. The van der Waals surface area contributed by atoms with Crippen molar-refractivity contribution in [2.45, 2.75) is 0 Å². The Balaban J connectivity index is 1.70. The van der Waals surface area contributed by atoms with Crippen molar-refractivity contribution >= 4 is 32.6 Å². The maximum atomic E-state index is 11.5. The van der Waals surface area contributed by atoms with Gasteiger partial charge in [-0.3, -0.25) is 0 Å². The fourth-order valence-corrected chi connectivity index (χ4v) is 3.62. The average Bonchev–Trinajstić information content (AvgIpc) is 2.63. The molecule has 9 heteroatoms.